The lowest BCUT2D eigenvalue weighted by atomic mass is 10.4. The number of hydrazine groups is 1. The van der Waals surface area contributed by atoms with Gasteiger partial charge in [0.15, 0.2) is 6.39 Å². The number of oxazole rings is 1. The van der Waals surface area contributed by atoms with Crippen molar-refractivity contribution in [2.75, 3.05) is 33.2 Å². The minimum absolute atomic E-state index is 0.726. The first-order valence-electron chi connectivity index (χ1n) is 4.89. The topological polar surface area (TPSA) is 44.5 Å². The van der Waals surface area contributed by atoms with Crippen LogP contribution in [-0.2, 0) is 6.54 Å². The third kappa shape index (κ3) is 2.54. The monoisotopic (exact) mass is 196 g/mol. The Balaban J connectivity index is 1.71. The Hall–Kier alpha value is -0.910. The van der Waals surface area contributed by atoms with Crippen molar-refractivity contribution >= 4 is 0 Å². The molecule has 0 unspecified atom stereocenters. The number of likely N-dealkylation sites (N-methyl/N-ethyl adjacent to an activating group) is 1. The molecule has 1 aromatic rings. The molecule has 1 aromatic heterocycles. The molecule has 0 aliphatic carbocycles. The second kappa shape index (κ2) is 4.54. The van der Waals surface area contributed by atoms with Gasteiger partial charge in [-0.25, -0.2) is 15.4 Å². The lowest BCUT2D eigenvalue weighted by molar-refractivity contribution is 0.0991. The molecule has 0 amide bonds. The maximum atomic E-state index is 5.13. The van der Waals surface area contributed by atoms with E-state index in [2.05, 4.69) is 27.4 Å². The fourth-order valence-corrected chi connectivity index (χ4v) is 1.48. The van der Waals surface area contributed by atoms with E-state index in [-0.39, 0.29) is 0 Å². The average molecular weight is 196 g/mol. The smallest absolute Gasteiger partial charge is 0.180 e. The van der Waals surface area contributed by atoms with Crippen LogP contribution in [-0.4, -0.2) is 48.1 Å². The molecule has 0 saturated carbocycles. The molecule has 1 N–H and O–H groups in total. The number of hydrogen-bond acceptors (Lipinski definition) is 5. The van der Waals surface area contributed by atoms with E-state index in [1.807, 2.05) is 0 Å². The maximum absolute atomic E-state index is 5.13. The fourth-order valence-electron chi connectivity index (χ4n) is 1.48. The molecule has 1 saturated heterocycles. The van der Waals surface area contributed by atoms with Gasteiger partial charge in [-0.1, -0.05) is 0 Å². The van der Waals surface area contributed by atoms with Gasteiger partial charge in [-0.15, -0.1) is 0 Å². The van der Waals surface area contributed by atoms with E-state index in [4.69, 9.17) is 4.42 Å². The van der Waals surface area contributed by atoms with Crippen LogP contribution in [0.2, 0.25) is 0 Å². The van der Waals surface area contributed by atoms with Crippen molar-refractivity contribution in [3.63, 3.8) is 0 Å². The number of piperazine rings is 1. The van der Waals surface area contributed by atoms with Crippen LogP contribution in [0.4, 0.5) is 0 Å². The van der Waals surface area contributed by atoms with Crippen molar-refractivity contribution < 1.29 is 4.42 Å². The number of nitrogens with zero attached hydrogens (tertiary/aromatic N) is 3. The molecule has 0 aromatic carbocycles. The van der Waals surface area contributed by atoms with E-state index < -0.39 is 0 Å². The quantitative estimate of drug-likeness (QED) is 0.733. The van der Waals surface area contributed by atoms with E-state index in [0.717, 1.165) is 38.5 Å². The summed E-state index contributed by atoms with van der Waals surface area (Å²) < 4.78 is 5.13. The summed E-state index contributed by atoms with van der Waals surface area (Å²) >= 11 is 0. The Morgan fingerprint density at radius 3 is 2.86 bits per heavy atom. The molecule has 1 aliphatic heterocycles. The van der Waals surface area contributed by atoms with Crippen LogP contribution in [0.5, 0.6) is 0 Å². The van der Waals surface area contributed by atoms with E-state index in [1.54, 1.807) is 6.20 Å². The summed E-state index contributed by atoms with van der Waals surface area (Å²) in [6, 6.07) is 0. The highest BCUT2D eigenvalue weighted by Gasteiger charge is 2.13. The normalized spacial score (nSPS) is 20.1. The minimum atomic E-state index is 0.726. The van der Waals surface area contributed by atoms with Crippen molar-refractivity contribution in [1.82, 2.24) is 20.3 Å². The van der Waals surface area contributed by atoms with Crippen molar-refractivity contribution in [2.24, 2.45) is 0 Å². The molecule has 0 radical (unpaired) electrons. The van der Waals surface area contributed by atoms with E-state index in [0.29, 0.717) is 0 Å². The Morgan fingerprint density at radius 2 is 2.21 bits per heavy atom. The molecule has 5 nitrogen and oxygen atoms in total. The molecule has 2 rings (SSSR count). The maximum Gasteiger partial charge on any atom is 0.180 e. The molecular formula is C9H16N4O. The van der Waals surface area contributed by atoms with Crippen molar-refractivity contribution in [3.05, 3.63) is 18.4 Å². The van der Waals surface area contributed by atoms with Gasteiger partial charge in [0.05, 0.1) is 12.7 Å². The molecule has 5 heteroatoms. The molecule has 1 aliphatic rings. The lowest BCUT2D eigenvalue weighted by Gasteiger charge is -2.32. The van der Waals surface area contributed by atoms with Crippen LogP contribution in [0.1, 0.15) is 5.76 Å². The van der Waals surface area contributed by atoms with Gasteiger partial charge in [0.2, 0.25) is 0 Å². The zero-order valence-corrected chi connectivity index (χ0v) is 8.44. The zero-order chi connectivity index (χ0) is 9.80. The van der Waals surface area contributed by atoms with E-state index >= 15 is 0 Å². The number of aromatic nitrogens is 1. The van der Waals surface area contributed by atoms with Gasteiger partial charge in [-0.05, 0) is 7.05 Å². The van der Waals surface area contributed by atoms with Crippen LogP contribution in [0.3, 0.4) is 0 Å². The van der Waals surface area contributed by atoms with Crippen LogP contribution in [0.15, 0.2) is 17.0 Å². The second-order valence-electron chi connectivity index (χ2n) is 3.59. The highest BCUT2D eigenvalue weighted by molar-refractivity contribution is 4.86. The molecule has 14 heavy (non-hydrogen) atoms. The first kappa shape index (κ1) is 9.64. The fraction of sp³-hybridized carbons (Fsp3) is 0.667. The SMILES string of the molecule is CN1CCN(NCc2cnco2)CC1. The predicted molar refractivity (Wildman–Crippen MR) is 52.4 cm³/mol. The van der Waals surface area contributed by atoms with Gasteiger partial charge < -0.3 is 9.32 Å². The Morgan fingerprint density at radius 1 is 1.43 bits per heavy atom. The van der Waals surface area contributed by atoms with Crippen LogP contribution in [0, 0.1) is 0 Å². The summed E-state index contributed by atoms with van der Waals surface area (Å²) in [5, 5.41) is 2.22. The Bertz CT molecular complexity index is 254. The van der Waals surface area contributed by atoms with Gasteiger partial charge >= 0.3 is 0 Å². The summed E-state index contributed by atoms with van der Waals surface area (Å²) in [7, 11) is 2.15. The highest BCUT2D eigenvalue weighted by Crippen LogP contribution is 1.99. The summed E-state index contributed by atoms with van der Waals surface area (Å²) in [6.45, 7) is 5.08. The number of rotatable bonds is 3. The molecule has 2 heterocycles. The number of nitrogens with one attached hydrogen (secondary N) is 1. The zero-order valence-electron chi connectivity index (χ0n) is 8.44. The average Bonchev–Trinajstić information content (AvgIpc) is 2.70. The molecule has 1 fully saturated rings. The van der Waals surface area contributed by atoms with Gasteiger partial charge in [0, 0.05) is 26.2 Å². The lowest BCUT2D eigenvalue weighted by Crippen LogP contribution is -2.50. The van der Waals surface area contributed by atoms with Gasteiger partial charge in [0.25, 0.3) is 0 Å². The molecule has 78 valence electrons. The second-order valence-corrected chi connectivity index (χ2v) is 3.59. The minimum Gasteiger partial charge on any atom is -0.447 e. The highest BCUT2D eigenvalue weighted by atomic mass is 16.3. The van der Waals surface area contributed by atoms with Gasteiger partial charge in [-0.2, -0.15) is 0 Å². The Kier molecular flexibility index (Phi) is 3.13. The first-order valence-corrected chi connectivity index (χ1v) is 4.89. The molecular weight excluding hydrogens is 180 g/mol. The Labute approximate surface area is 83.7 Å². The predicted octanol–water partition coefficient (Wildman–Crippen LogP) is -0.0734. The summed E-state index contributed by atoms with van der Waals surface area (Å²) in [5.41, 5.74) is 3.32. The molecule has 0 spiro atoms. The van der Waals surface area contributed by atoms with Crippen molar-refractivity contribution in [2.45, 2.75) is 6.54 Å². The molecule has 0 atom stereocenters. The van der Waals surface area contributed by atoms with Gasteiger partial charge in [-0.3, -0.25) is 0 Å². The van der Waals surface area contributed by atoms with Crippen LogP contribution < -0.4 is 5.43 Å². The van der Waals surface area contributed by atoms with Crippen molar-refractivity contribution in [1.29, 1.82) is 0 Å². The summed E-state index contributed by atoms with van der Waals surface area (Å²) in [4.78, 5) is 6.19. The van der Waals surface area contributed by atoms with Crippen LogP contribution in [0.25, 0.3) is 0 Å². The van der Waals surface area contributed by atoms with E-state index in [9.17, 15) is 0 Å². The third-order valence-corrected chi connectivity index (χ3v) is 2.46. The number of hydrogen-bond donors (Lipinski definition) is 1. The summed E-state index contributed by atoms with van der Waals surface area (Å²) in [5.74, 6) is 0.879. The van der Waals surface area contributed by atoms with Gasteiger partial charge in [0.1, 0.15) is 5.76 Å². The summed E-state index contributed by atoms with van der Waals surface area (Å²) in [6.07, 6.45) is 3.20. The van der Waals surface area contributed by atoms with Crippen LogP contribution >= 0.6 is 0 Å². The first-order chi connectivity index (χ1) is 6.84. The largest absolute Gasteiger partial charge is 0.447 e. The molecule has 0 bridgehead atoms. The van der Waals surface area contributed by atoms with Crippen molar-refractivity contribution in [3.8, 4) is 0 Å². The standard InChI is InChI=1S/C9H16N4O/c1-12-2-4-13(5-3-12)11-7-9-6-10-8-14-9/h6,8,11H,2-5,7H2,1H3. The third-order valence-electron chi connectivity index (χ3n) is 2.46. The van der Waals surface area contributed by atoms with E-state index in [1.165, 1.54) is 6.39 Å².